The van der Waals surface area contributed by atoms with E-state index in [2.05, 4.69) is 5.10 Å². The van der Waals surface area contributed by atoms with Crippen LogP contribution >= 0.6 is 0 Å². The van der Waals surface area contributed by atoms with Crippen molar-refractivity contribution < 1.29 is 9.53 Å². The van der Waals surface area contributed by atoms with E-state index >= 15 is 0 Å². The van der Waals surface area contributed by atoms with Crippen molar-refractivity contribution >= 4 is 5.97 Å². The number of carbonyl (C=O) groups is 1. The number of hydrogen-bond donors (Lipinski definition) is 1. The lowest BCUT2D eigenvalue weighted by Crippen LogP contribution is -2.21. The largest absolute Gasteiger partial charge is 0.461 e. The Morgan fingerprint density at radius 3 is 3.27 bits per heavy atom. The number of esters is 1. The highest BCUT2D eigenvalue weighted by atomic mass is 16.5. The molecule has 1 aromatic rings. The van der Waals surface area contributed by atoms with E-state index in [1.54, 1.807) is 17.7 Å². The van der Waals surface area contributed by atoms with Crippen LogP contribution in [0.1, 0.15) is 42.0 Å². The van der Waals surface area contributed by atoms with Crippen LogP contribution in [0.15, 0.2) is 6.07 Å². The molecular weight excluding hydrogens is 194 g/mol. The summed E-state index contributed by atoms with van der Waals surface area (Å²) >= 11 is 0. The van der Waals surface area contributed by atoms with E-state index in [4.69, 9.17) is 10.5 Å². The minimum Gasteiger partial charge on any atom is -0.461 e. The number of fused-ring (bicyclic) bond motifs is 1. The average molecular weight is 209 g/mol. The van der Waals surface area contributed by atoms with E-state index in [1.807, 2.05) is 0 Å². The summed E-state index contributed by atoms with van der Waals surface area (Å²) in [5.74, 6) is -0.369. The van der Waals surface area contributed by atoms with Crippen molar-refractivity contribution in [1.29, 1.82) is 0 Å². The molecule has 0 fully saturated rings. The zero-order chi connectivity index (χ0) is 10.8. The third kappa shape index (κ3) is 1.87. The van der Waals surface area contributed by atoms with E-state index in [9.17, 15) is 4.79 Å². The smallest absolute Gasteiger partial charge is 0.358 e. The summed E-state index contributed by atoms with van der Waals surface area (Å²) in [7, 11) is 0. The van der Waals surface area contributed by atoms with Crippen molar-refractivity contribution in [2.45, 2.75) is 32.4 Å². The summed E-state index contributed by atoms with van der Waals surface area (Å²) < 4.78 is 6.69. The highest BCUT2D eigenvalue weighted by Gasteiger charge is 2.22. The monoisotopic (exact) mass is 209 g/mol. The second-order valence-corrected chi connectivity index (χ2v) is 3.65. The predicted octanol–water partition coefficient (Wildman–Crippen LogP) is 0.853. The number of rotatable bonds is 2. The third-order valence-corrected chi connectivity index (χ3v) is 2.56. The summed E-state index contributed by atoms with van der Waals surface area (Å²) in [5.41, 5.74) is 7.22. The molecule has 5 nitrogen and oxygen atoms in total. The molecule has 0 aromatic carbocycles. The zero-order valence-electron chi connectivity index (χ0n) is 8.77. The van der Waals surface area contributed by atoms with E-state index < -0.39 is 0 Å². The number of aromatic nitrogens is 2. The van der Waals surface area contributed by atoms with Gasteiger partial charge in [0.05, 0.1) is 12.3 Å². The highest BCUT2D eigenvalue weighted by Crippen LogP contribution is 2.23. The van der Waals surface area contributed by atoms with Crippen molar-refractivity contribution in [2.24, 2.45) is 5.73 Å². The van der Waals surface area contributed by atoms with E-state index in [0.29, 0.717) is 12.3 Å². The normalized spacial score (nSPS) is 19.7. The van der Waals surface area contributed by atoms with Gasteiger partial charge in [0.2, 0.25) is 0 Å². The van der Waals surface area contributed by atoms with Gasteiger partial charge < -0.3 is 10.5 Å². The van der Waals surface area contributed by atoms with Crippen molar-refractivity contribution in [3.8, 4) is 0 Å². The fraction of sp³-hybridized carbons (Fsp3) is 0.600. The molecule has 0 bridgehead atoms. The van der Waals surface area contributed by atoms with Crippen molar-refractivity contribution in [1.82, 2.24) is 9.78 Å². The van der Waals surface area contributed by atoms with Crippen LogP contribution in [0.4, 0.5) is 0 Å². The van der Waals surface area contributed by atoms with Crippen LogP contribution in [0.2, 0.25) is 0 Å². The van der Waals surface area contributed by atoms with Crippen molar-refractivity contribution in [2.75, 3.05) is 6.61 Å². The maximum Gasteiger partial charge on any atom is 0.358 e. The maximum atomic E-state index is 11.4. The summed E-state index contributed by atoms with van der Waals surface area (Å²) in [4.78, 5) is 11.4. The summed E-state index contributed by atoms with van der Waals surface area (Å²) in [6, 6.07) is 1.73. The number of aryl methyl sites for hydroxylation is 1. The van der Waals surface area contributed by atoms with Gasteiger partial charge in [-0.2, -0.15) is 5.10 Å². The Labute approximate surface area is 88.2 Å². The summed E-state index contributed by atoms with van der Waals surface area (Å²) in [5, 5.41) is 4.18. The highest BCUT2D eigenvalue weighted by molar-refractivity contribution is 5.87. The van der Waals surface area contributed by atoms with Gasteiger partial charge in [0, 0.05) is 12.6 Å². The molecule has 0 amide bonds. The molecule has 0 spiro atoms. The number of hydrogen-bond acceptors (Lipinski definition) is 4. The fourth-order valence-corrected chi connectivity index (χ4v) is 1.82. The van der Waals surface area contributed by atoms with E-state index in [1.165, 1.54) is 0 Å². The van der Waals surface area contributed by atoms with Gasteiger partial charge in [-0.25, -0.2) is 4.79 Å². The zero-order valence-corrected chi connectivity index (χ0v) is 8.77. The molecule has 82 valence electrons. The lowest BCUT2D eigenvalue weighted by molar-refractivity contribution is 0.0518. The van der Waals surface area contributed by atoms with Crippen LogP contribution in [0.25, 0.3) is 0 Å². The number of nitrogens with zero attached hydrogens (tertiary/aromatic N) is 2. The maximum absolute atomic E-state index is 11.4. The van der Waals surface area contributed by atoms with Gasteiger partial charge in [0.15, 0.2) is 5.69 Å². The first kappa shape index (κ1) is 10.2. The third-order valence-electron chi connectivity index (χ3n) is 2.56. The van der Waals surface area contributed by atoms with Gasteiger partial charge in [-0.15, -0.1) is 0 Å². The minimum absolute atomic E-state index is 0.00516. The SMILES string of the molecule is CCOC(=O)c1cc2n(n1)CCCC2N. The van der Waals surface area contributed by atoms with Gasteiger partial charge in [-0.05, 0) is 25.8 Å². The first-order chi connectivity index (χ1) is 7.22. The lowest BCUT2D eigenvalue weighted by atomic mass is 10.1. The molecule has 1 atom stereocenters. The standard InChI is InChI=1S/C10H15N3O2/c1-2-15-10(14)8-6-9-7(11)4-3-5-13(9)12-8/h6-7H,2-5,11H2,1H3. The Balaban J connectivity index is 2.25. The average Bonchev–Trinajstić information content (AvgIpc) is 2.63. The Bertz CT molecular complexity index is 373. The minimum atomic E-state index is -0.369. The van der Waals surface area contributed by atoms with Crippen LogP contribution < -0.4 is 5.73 Å². The van der Waals surface area contributed by atoms with Gasteiger partial charge in [0.1, 0.15) is 0 Å². The number of carbonyl (C=O) groups excluding carboxylic acids is 1. The Morgan fingerprint density at radius 1 is 1.80 bits per heavy atom. The summed E-state index contributed by atoms with van der Waals surface area (Å²) in [6.45, 7) is 2.98. The van der Waals surface area contributed by atoms with Crippen LogP contribution in [0, 0.1) is 0 Å². The number of ether oxygens (including phenoxy) is 1. The molecule has 5 heteroatoms. The molecule has 0 saturated heterocycles. The fourth-order valence-electron chi connectivity index (χ4n) is 1.82. The quantitative estimate of drug-likeness (QED) is 0.733. The van der Waals surface area contributed by atoms with Crippen LogP contribution in [0.5, 0.6) is 0 Å². The van der Waals surface area contributed by atoms with Crippen LogP contribution in [-0.4, -0.2) is 22.4 Å². The molecule has 15 heavy (non-hydrogen) atoms. The van der Waals surface area contributed by atoms with E-state index in [-0.39, 0.29) is 12.0 Å². The Morgan fingerprint density at radius 2 is 2.60 bits per heavy atom. The first-order valence-electron chi connectivity index (χ1n) is 5.23. The molecular formula is C10H15N3O2. The molecule has 0 saturated carbocycles. The molecule has 1 aromatic heterocycles. The van der Waals surface area contributed by atoms with Gasteiger partial charge in [-0.3, -0.25) is 4.68 Å². The van der Waals surface area contributed by atoms with Crippen LogP contribution in [0.3, 0.4) is 0 Å². The molecule has 0 aliphatic carbocycles. The molecule has 2 N–H and O–H groups in total. The molecule has 1 unspecified atom stereocenters. The van der Waals surface area contributed by atoms with Gasteiger partial charge in [0.25, 0.3) is 0 Å². The van der Waals surface area contributed by atoms with Gasteiger partial charge in [-0.1, -0.05) is 0 Å². The molecule has 1 aliphatic rings. The first-order valence-corrected chi connectivity index (χ1v) is 5.23. The summed E-state index contributed by atoms with van der Waals surface area (Å²) in [6.07, 6.45) is 1.96. The molecule has 1 aliphatic heterocycles. The van der Waals surface area contributed by atoms with Crippen molar-refractivity contribution in [3.63, 3.8) is 0 Å². The van der Waals surface area contributed by atoms with Crippen molar-refractivity contribution in [3.05, 3.63) is 17.5 Å². The van der Waals surface area contributed by atoms with E-state index in [0.717, 1.165) is 25.1 Å². The Hall–Kier alpha value is -1.36. The van der Waals surface area contributed by atoms with Crippen LogP contribution in [-0.2, 0) is 11.3 Å². The topological polar surface area (TPSA) is 70.1 Å². The lowest BCUT2D eigenvalue weighted by Gasteiger charge is -2.19. The van der Waals surface area contributed by atoms with Gasteiger partial charge >= 0.3 is 5.97 Å². The second kappa shape index (κ2) is 4.02. The predicted molar refractivity (Wildman–Crippen MR) is 54.3 cm³/mol. The molecule has 0 radical (unpaired) electrons. The Kier molecular flexibility index (Phi) is 2.73. The number of nitrogens with two attached hydrogens (primary N) is 1. The molecule has 2 rings (SSSR count). The second-order valence-electron chi connectivity index (χ2n) is 3.65. The molecule has 2 heterocycles.